The highest BCUT2D eigenvalue weighted by Gasteiger charge is 2.27. The number of carbonyl (C=O) groups is 1. The number of anilines is 2. The van der Waals surface area contributed by atoms with E-state index in [1.807, 2.05) is 51.1 Å². The largest absolute Gasteiger partial charge is 0.443 e. The topological polar surface area (TPSA) is 85.8 Å². The highest BCUT2D eigenvalue weighted by atomic mass is 16.6. The summed E-state index contributed by atoms with van der Waals surface area (Å²) in [6.45, 7) is 9.98. The Hall–Kier alpha value is -3.09. The second kappa shape index (κ2) is 7.50. The van der Waals surface area contributed by atoms with Crippen LogP contribution in [0.15, 0.2) is 42.6 Å². The second-order valence-corrected chi connectivity index (χ2v) is 8.08. The summed E-state index contributed by atoms with van der Waals surface area (Å²) in [4.78, 5) is 19.0. The van der Waals surface area contributed by atoms with Crippen LogP contribution in [0.2, 0.25) is 0 Å². The zero-order valence-corrected chi connectivity index (χ0v) is 17.0. The molecule has 148 valence electrons. The molecule has 0 spiro atoms. The molecule has 0 aliphatic carbocycles. The van der Waals surface area contributed by atoms with Gasteiger partial charge < -0.3 is 10.5 Å². The summed E-state index contributed by atoms with van der Waals surface area (Å²) in [6, 6.07) is 11.4. The van der Waals surface area contributed by atoms with Gasteiger partial charge in [-0.2, -0.15) is 9.61 Å². The number of aromatic nitrogens is 3. The Morgan fingerprint density at radius 3 is 2.54 bits per heavy atom. The highest BCUT2D eigenvalue weighted by molar-refractivity contribution is 5.87. The van der Waals surface area contributed by atoms with Gasteiger partial charge >= 0.3 is 6.09 Å². The Morgan fingerprint density at radius 2 is 1.93 bits per heavy atom. The van der Waals surface area contributed by atoms with Gasteiger partial charge in [-0.25, -0.2) is 9.78 Å². The van der Waals surface area contributed by atoms with Crippen molar-refractivity contribution >= 4 is 23.4 Å². The van der Waals surface area contributed by atoms with Crippen LogP contribution in [-0.4, -0.2) is 26.3 Å². The first kappa shape index (κ1) is 19.7. The normalized spacial score (nSPS) is 11.8. The van der Waals surface area contributed by atoms with Crippen molar-refractivity contribution in [3.05, 3.63) is 53.7 Å². The molecule has 2 aromatic heterocycles. The van der Waals surface area contributed by atoms with Crippen LogP contribution in [0.4, 0.5) is 16.4 Å². The Kier molecular flexibility index (Phi) is 5.27. The van der Waals surface area contributed by atoms with Gasteiger partial charge in [-0.05, 0) is 32.3 Å². The third-order valence-electron chi connectivity index (χ3n) is 4.20. The van der Waals surface area contributed by atoms with E-state index in [1.165, 1.54) is 0 Å². The van der Waals surface area contributed by atoms with Gasteiger partial charge in [0.05, 0.1) is 12.7 Å². The van der Waals surface area contributed by atoms with Gasteiger partial charge in [0.15, 0.2) is 5.65 Å². The lowest BCUT2D eigenvalue weighted by molar-refractivity contribution is 0.0575. The van der Waals surface area contributed by atoms with E-state index in [-0.39, 0.29) is 5.92 Å². The molecule has 0 fully saturated rings. The summed E-state index contributed by atoms with van der Waals surface area (Å²) in [6.07, 6.45) is 1.30. The molecule has 0 aliphatic rings. The zero-order chi connectivity index (χ0) is 20.5. The maximum Gasteiger partial charge on any atom is 0.416 e. The molecule has 0 aliphatic heterocycles. The molecule has 1 aromatic carbocycles. The minimum Gasteiger partial charge on any atom is -0.443 e. The van der Waals surface area contributed by atoms with Crippen LogP contribution in [0.3, 0.4) is 0 Å². The maximum absolute atomic E-state index is 13.1. The quantitative estimate of drug-likeness (QED) is 0.725. The number of benzene rings is 1. The van der Waals surface area contributed by atoms with Crippen LogP contribution in [-0.2, 0) is 11.3 Å². The van der Waals surface area contributed by atoms with Crippen molar-refractivity contribution in [2.24, 2.45) is 0 Å². The predicted octanol–water partition coefficient (Wildman–Crippen LogP) is 4.38. The summed E-state index contributed by atoms with van der Waals surface area (Å²) in [5.74, 6) is 1.07. The lowest BCUT2D eigenvalue weighted by Crippen LogP contribution is -2.37. The summed E-state index contributed by atoms with van der Waals surface area (Å²) < 4.78 is 7.31. The van der Waals surface area contributed by atoms with Gasteiger partial charge in [0, 0.05) is 11.6 Å². The molecule has 2 N–H and O–H groups in total. The molecule has 0 saturated carbocycles. The van der Waals surface area contributed by atoms with E-state index in [0.717, 1.165) is 11.1 Å². The van der Waals surface area contributed by atoms with Gasteiger partial charge in [0.1, 0.15) is 17.2 Å². The number of fused-ring (bicyclic) bond motifs is 1. The molecule has 0 unspecified atom stereocenters. The van der Waals surface area contributed by atoms with E-state index < -0.39 is 11.7 Å². The average Bonchev–Trinajstić information content (AvgIpc) is 3.02. The molecule has 2 heterocycles. The minimum atomic E-state index is -0.628. The lowest BCUT2D eigenvalue weighted by Gasteiger charge is -2.27. The van der Waals surface area contributed by atoms with Crippen molar-refractivity contribution in [2.45, 2.75) is 52.7 Å². The van der Waals surface area contributed by atoms with E-state index in [0.29, 0.717) is 23.8 Å². The van der Waals surface area contributed by atoms with E-state index in [4.69, 9.17) is 10.5 Å². The van der Waals surface area contributed by atoms with E-state index in [9.17, 15) is 4.79 Å². The fourth-order valence-corrected chi connectivity index (χ4v) is 2.90. The van der Waals surface area contributed by atoms with Crippen LogP contribution in [0.5, 0.6) is 0 Å². The fraction of sp³-hybridized carbons (Fsp3) is 0.381. The fourth-order valence-electron chi connectivity index (χ4n) is 2.90. The van der Waals surface area contributed by atoms with Gasteiger partial charge in [0.25, 0.3) is 0 Å². The van der Waals surface area contributed by atoms with E-state index in [2.05, 4.69) is 23.9 Å². The first-order valence-electron chi connectivity index (χ1n) is 9.34. The molecular weight excluding hydrogens is 354 g/mol. The Bertz CT molecular complexity index is 974. The van der Waals surface area contributed by atoms with Crippen molar-refractivity contribution in [3.63, 3.8) is 0 Å². The molecule has 3 aromatic rings. The Balaban J connectivity index is 2.13. The third-order valence-corrected chi connectivity index (χ3v) is 4.20. The van der Waals surface area contributed by atoms with Crippen molar-refractivity contribution in [3.8, 4) is 0 Å². The zero-order valence-electron chi connectivity index (χ0n) is 17.0. The van der Waals surface area contributed by atoms with Crippen molar-refractivity contribution in [2.75, 3.05) is 10.6 Å². The lowest BCUT2D eigenvalue weighted by atomic mass is 10.1. The summed E-state index contributed by atoms with van der Waals surface area (Å²) in [7, 11) is 0. The first-order valence-corrected chi connectivity index (χ1v) is 9.34. The molecule has 0 bridgehead atoms. The minimum absolute atomic E-state index is 0.226. The average molecular weight is 381 g/mol. The second-order valence-electron chi connectivity index (χ2n) is 8.08. The molecular formula is C21H27N5O2. The van der Waals surface area contributed by atoms with Crippen molar-refractivity contribution in [1.29, 1.82) is 0 Å². The summed E-state index contributed by atoms with van der Waals surface area (Å²) >= 11 is 0. The number of hydrogen-bond donors (Lipinski definition) is 1. The molecule has 0 atom stereocenters. The van der Waals surface area contributed by atoms with Crippen molar-refractivity contribution in [1.82, 2.24) is 14.6 Å². The number of hydrogen-bond acceptors (Lipinski definition) is 5. The van der Waals surface area contributed by atoms with Gasteiger partial charge in [0.2, 0.25) is 0 Å². The molecule has 7 heteroatoms. The monoisotopic (exact) mass is 381 g/mol. The maximum atomic E-state index is 13.1. The summed E-state index contributed by atoms with van der Waals surface area (Å²) in [5, 5.41) is 4.47. The van der Waals surface area contributed by atoms with E-state index in [1.54, 1.807) is 21.7 Å². The summed E-state index contributed by atoms with van der Waals surface area (Å²) in [5.41, 5.74) is 8.03. The standard InChI is InChI=1S/C21H27N5O2/c1-14(2)16-12-23-26-18(11-17(22)24-19(16)26)25(20(27)28-21(3,4)5)13-15-9-7-6-8-10-15/h6-12,14H,13H2,1-5H3,(H2,22,24). The number of rotatable bonds is 4. The number of nitrogens with zero attached hydrogens (tertiary/aromatic N) is 4. The predicted molar refractivity (Wildman–Crippen MR) is 110 cm³/mol. The highest BCUT2D eigenvalue weighted by Crippen LogP contribution is 2.27. The molecule has 28 heavy (non-hydrogen) atoms. The molecule has 0 radical (unpaired) electrons. The van der Waals surface area contributed by atoms with E-state index >= 15 is 0 Å². The number of amides is 1. The smallest absolute Gasteiger partial charge is 0.416 e. The van der Waals surface area contributed by atoms with Crippen LogP contribution in [0.25, 0.3) is 5.65 Å². The van der Waals surface area contributed by atoms with Gasteiger partial charge in [-0.1, -0.05) is 44.2 Å². The number of nitrogens with two attached hydrogens (primary N) is 1. The van der Waals surface area contributed by atoms with Crippen LogP contribution in [0.1, 0.15) is 51.7 Å². The number of nitrogen functional groups attached to an aromatic ring is 1. The molecule has 0 saturated heterocycles. The Labute approximate surface area is 165 Å². The van der Waals surface area contributed by atoms with Crippen molar-refractivity contribution < 1.29 is 9.53 Å². The number of carbonyl (C=O) groups excluding carboxylic acids is 1. The molecule has 1 amide bonds. The number of ether oxygens (including phenoxy) is 1. The molecule has 3 rings (SSSR count). The third kappa shape index (κ3) is 4.24. The molecule has 7 nitrogen and oxygen atoms in total. The Morgan fingerprint density at radius 1 is 1.25 bits per heavy atom. The van der Waals surface area contributed by atoms with Crippen LogP contribution >= 0.6 is 0 Å². The first-order chi connectivity index (χ1) is 13.2. The SMILES string of the molecule is CC(C)c1cnn2c(N(Cc3ccccc3)C(=O)OC(C)(C)C)cc(N)nc12. The van der Waals surface area contributed by atoms with Gasteiger partial charge in [-0.3, -0.25) is 4.90 Å². The van der Waals surface area contributed by atoms with Crippen LogP contribution in [0, 0.1) is 0 Å². The van der Waals surface area contributed by atoms with Gasteiger partial charge in [-0.15, -0.1) is 0 Å². The van der Waals surface area contributed by atoms with Crippen LogP contribution < -0.4 is 10.6 Å².